The van der Waals surface area contributed by atoms with Crippen molar-refractivity contribution < 1.29 is 9.66 Å². The Bertz CT molecular complexity index is 644. The van der Waals surface area contributed by atoms with Crippen molar-refractivity contribution in [1.82, 2.24) is 14.7 Å². The van der Waals surface area contributed by atoms with Gasteiger partial charge in [0.2, 0.25) is 0 Å². The molecule has 2 aromatic rings. The van der Waals surface area contributed by atoms with Gasteiger partial charge in [-0.05, 0) is 45.6 Å². The SMILES string of the molecule is COc1cccc(CN(C)Cn2cc(Br)c([N+](=O)[O-])n2)c1. The highest BCUT2D eigenvalue weighted by molar-refractivity contribution is 9.10. The Hall–Kier alpha value is -1.93. The molecule has 112 valence electrons. The highest BCUT2D eigenvalue weighted by Crippen LogP contribution is 2.22. The maximum Gasteiger partial charge on any atom is 0.404 e. The summed E-state index contributed by atoms with van der Waals surface area (Å²) >= 11 is 3.13. The van der Waals surface area contributed by atoms with E-state index in [0.29, 0.717) is 17.7 Å². The largest absolute Gasteiger partial charge is 0.497 e. The van der Waals surface area contributed by atoms with E-state index < -0.39 is 4.92 Å². The van der Waals surface area contributed by atoms with Crippen LogP contribution in [0.4, 0.5) is 5.82 Å². The number of hydrogen-bond acceptors (Lipinski definition) is 5. The molecular weight excluding hydrogens is 340 g/mol. The molecule has 1 aromatic heterocycles. The molecular formula is C13H15BrN4O3. The van der Waals surface area contributed by atoms with E-state index in [9.17, 15) is 10.1 Å². The number of hydrogen-bond donors (Lipinski definition) is 0. The first-order chi connectivity index (χ1) is 9.99. The summed E-state index contributed by atoms with van der Waals surface area (Å²) in [5.41, 5.74) is 1.09. The molecule has 0 saturated heterocycles. The van der Waals surface area contributed by atoms with Gasteiger partial charge in [0.25, 0.3) is 0 Å². The van der Waals surface area contributed by atoms with Crippen molar-refractivity contribution in [2.75, 3.05) is 14.2 Å². The van der Waals surface area contributed by atoms with E-state index in [4.69, 9.17) is 4.74 Å². The number of methoxy groups -OCH3 is 1. The molecule has 2 rings (SSSR count). The third-order valence-corrected chi connectivity index (χ3v) is 3.40. The van der Waals surface area contributed by atoms with E-state index in [1.807, 2.05) is 36.2 Å². The normalized spacial score (nSPS) is 10.9. The summed E-state index contributed by atoms with van der Waals surface area (Å²) < 4.78 is 7.09. The highest BCUT2D eigenvalue weighted by atomic mass is 79.9. The summed E-state index contributed by atoms with van der Waals surface area (Å²) in [6.07, 6.45) is 1.60. The van der Waals surface area contributed by atoms with Gasteiger partial charge in [0.15, 0.2) is 0 Å². The molecule has 0 N–H and O–H groups in total. The van der Waals surface area contributed by atoms with Gasteiger partial charge in [0.05, 0.1) is 18.4 Å². The van der Waals surface area contributed by atoms with Gasteiger partial charge >= 0.3 is 5.82 Å². The summed E-state index contributed by atoms with van der Waals surface area (Å²) in [5, 5.41) is 14.7. The van der Waals surface area contributed by atoms with Crippen LogP contribution in [0.15, 0.2) is 34.9 Å². The van der Waals surface area contributed by atoms with Gasteiger partial charge in [-0.3, -0.25) is 4.90 Å². The Morgan fingerprint density at radius 1 is 1.52 bits per heavy atom. The lowest BCUT2D eigenvalue weighted by molar-refractivity contribution is -0.390. The van der Waals surface area contributed by atoms with Crippen LogP contribution in [-0.4, -0.2) is 33.8 Å². The van der Waals surface area contributed by atoms with Crippen LogP contribution in [0.1, 0.15) is 5.56 Å². The maximum absolute atomic E-state index is 10.8. The van der Waals surface area contributed by atoms with Gasteiger partial charge in [-0.1, -0.05) is 12.1 Å². The van der Waals surface area contributed by atoms with Crippen LogP contribution < -0.4 is 4.74 Å². The smallest absolute Gasteiger partial charge is 0.404 e. The first-order valence-corrected chi connectivity index (χ1v) is 6.97. The van der Waals surface area contributed by atoms with E-state index in [1.54, 1.807) is 13.3 Å². The Kier molecular flexibility index (Phi) is 4.92. The fraction of sp³-hybridized carbons (Fsp3) is 0.308. The number of ether oxygens (including phenoxy) is 1. The van der Waals surface area contributed by atoms with Crippen LogP contribution in [0.5, 0.6) is 5.75 Å². The molecule has 8 heteroatoms. The van der Waals surface area contributed by atoms with Gasteiger partial charge in [-0.15, -0.1) is 0 Å². The van der Waals surface area contributed by atoms with Gasteiger partial charge < -0.3 is 14.9 Å². The molecule has 0 aliphatic heterocycles. The van der Waals surface area contributed by atoms with Crippen molar-refractivity contribution in [3.63, 3.8) is 0 Å². The van der Waals surface area contributed by atoms with Gasteiger partial charge in [0, 0.05) is 6.54 Å². The Morgan fingerprint density at radius 3 is 2.90 bits per heavy atom. The Morgan fingerprint density at radius 2 is 2.29 bits per heavy atom. The molecule has 7 nitrogen and oxygen atoms in total. The van der Waals surface area contributed by atoms with Crippen LogP contribution in [0.25, 0.3) is 0 Å². The van der Waals surface area contributed by atoms with Crippen molar-refractivity contribution >= 4 is 21.7 Å². The molecule has 0 fully saturated rings. The summed E-state index contributed by atoms with van der Waals surface area (Å²) in [7, 11) is 3.55. The molecule has 0 saturated carbocycles. The lowest BCUT2D eigenvalue weighted by Gasteiger charge is -2.15. The Balaban J connectivity index is 2.02. The third-order valence-electron chi connectivity index (χ3n) is 2.85. The van der Waals surface area contributed by atoms with E-state index in [0.717, 1.165) is 11.3 Å². The lowest BCUT2D eigenvalue weighted by atomic mass is 10.2. The van der Waals surface area contributed by atoms with Crippen molar-refractivity contribution in [2.45, 2.75) is 13.2 Å². The van der Waals surface area contributed by atoms with Gasteiger partial charge in [-0.25, -0.2) is 0 Å². The second-order valence-corrected chi connectivity index (χ2v) is 5.46. The summed E-state index contributed by atoms with van der Waals surface area (Å²) in [4.78, 5) is 12.2. The minimum atomic E-state index is -0.511. The number of aromatic nitrogens is 2. The fourth-order valence-corrected chi connectivity index (χ4v) is 2.42. The second kappa shape index (κ2) is 6.68. The molecule has 0 unspecified atom stereocenters. The summed E-state index contributed by atoms with van der Waals surface area (Å²) in [5.74, 6) is 0.628. The molecule has 0 radical (unpaired) electrons. The minimum Gasteiger partial charge on any atom is -0.497 e. The molecule has 0 aliphatic rings. The van der Waals surface area contributed by atoms with Crippen molar-refractivity contribution in [3.8, 4) is 5.75 Å². The number of halogens is 1. The molecule has 0 spiro atoms. The zero-order chi connectivity index (χ0) is 15.4. The molecule has 0 aliphatic carbocycles. The van der Waals surface area contributed by atoms with E-state index >= 15 is 0 Å². The van der Waals surface area contributed by atoms with Crippen LogP contribution >= 0.6 is 15.9 Å². The van der Waals surface area contributed by atoms with Crippen LogP contribution in [0.2, 0.25) is 0 Å². The molecule has 0 amide bonds. The first kappa shape index (κ1) is 15.5. The molecule has 1 heterocycles. The lowest BCUT2D eigenvalue weighted by Crippen LogP contribution is -2.22. The Labute approximate surface area is 130 Å². The van der Waals surface area contributed by atoms with Crippen molar-refractivity contribution in [1.29, 1.82) is 0 Å². The number of rotatable bonds is 6. The minimum absolute atomic E-state index is 0.176. The fourth-order valence-electron chi connectivity index (χ4n) is 1.96. The zero-order valence-electron chi connectivity index (χ0n) is 11.7. The van der Waals surface area contributed by atoms with Crippen LogP contribution in [0, 0.1) is 10.1 Å². The maximum atomic E-state index is 10.8. The van der Waals surface area contributed by atoms with Crippen molar-refractivity contribution in [3.05, 3.63) is 50.6 Å². The van der Waals surface area contributed by atoms with Crippen LogP contribution in [0.3, 0.4) is 0 Å². The van der Waals surface area contributed by atoms with Gasteiger partial charge in [0.1, 0.15) is 16.9 Å². The predicted molar refractivity (Wildman–Crippen MR) is 81.0 cm³/mol. The standard InChI is InChI=1S/C13H15BrN4O3/c1-16(7-10-4-3-5-11(6-10)21-2)9-17-8-12(14)13(15-17)18(19)20/h3-6,8H,7,9H2,1-2H3. The number of nitro groups is 1. The van der Waals surface area contributed by atoms with E-state index in [2.05, 4.69) is 21.0 Å². The summed E-state index contributed by atoms with van der Waals surface area (Å²) in [6.45, 7) is 1.13. The summed E-state index contributed by atoms with van der Waals surface area (Å²) in [6, 6.07) is 7.77. The zero-order valence-corrected chi connectivity index (χ0v) is 13.3. The van der Waals surface area contributed by atoms with Crippen molar-refractivity contribution in [2.24, 2.45) is 0 Å². The molecule has 1 aromatic carbocycles. The molecule has 0 bridgehead atoms. The monoisotopic (exact) mass is 354 g/mol. The van der Waals surface area contributed by atoms with E-state index in [-0.39, 0.29) is 5.82 Å². The third kappa shape index (κ3) is 4.02. The van der Waals surface area contributed by atoms with E-state index in [1.165, 1.54) is 4.68 Å². The molecule has 21 heavy (non-hydrogen) atoms. The highest BCUT2D eigenvalue weighted by Gasteiger charge is 2.19. The van der Waals surface area contributed by atoms with Gasteiger partial charge in [-0.2, -0.15) is 4.68 Å². The van der Waals surface area contributed by atoms with Crippen LogP contribution in [-0.2, 0) is 13.2 Å². The average Bonchev–Trinajstić information content (AvgIpc) is 2.79. The average molecular weight is 355 g/mol. The first-order valence-electron chi connectivity index (χ1n) is 6.18. The topological polar surface area (TPSA) is 73.4 Å². The molecule has 0 atom stereocenters. The quantitative estimate of drug-likeness (QED) is 0.588. The number of benzene rings is 1. The predicted octanol–water partition coefficient (Wildman–Crippen LogP) is 2.65. The number of nitrogens with zero attached hydrogens (tertiary/aromatic N) is 4. The second-order valence-electron chi connectivity index (χ2n) is 4.60.